The number of carbonyl (C=O) groups is 1. The molecule has 164 valence electrons. The van der Waals surface area contributed by atoms with Gasteiger partial charge in [0.2, 0.25) is 0 Å². The molecule has 5 rings (SSSR count). The van der Waals surface area contributed by atoms with Crippen molar-refractivity contribution < 1.29 is 9.53 Å². The van der Waals surface area contributed by atoms with E-state index < -0.39 is 5.60 Å². The van der Waals surface area contributed by atoms with Crippen molar-refractivity contribution in [1.29, 1.82) is 0 Å². The summed E-state index contributed by atoms with van der Waals surface area (Å²) in [5.41, 5.74) is 8.46. The zero-order valence-electron chi connectivity index (χ0n) is 19.4. The zero-order valence-corrected chi connectivity index (χ0v) is 19.4. The highest BCUT2D eigenvalue weighted by atomic mass is 16.6. The van der Waals surface area contributed by atoms with Gasteiger partial charge in [-0.15, -0.1) is 0 Å². The number of H-pyrrole nitrogens is 1. The summed E-state index contributed by atoms with van der Waals surface area (Å²) in [6, 6.07) is 13.4. The molecule has 1 saturated heterocycles. The van der Waals surface area contributed by atoms with E-state index >= 15 is 0 Å². The molecule has 0 bridgehead atoms. The smallest absolute Gasteiger partial charge is 0.410 e. The number of nitrogens with zero attached hydrogens (tertiary/aromatic N) is 2. The topological polar surface area (TPSA) is 58.2 Å². The number of benzene rings is 2. The number of likely N-dealkylation sites (tertiary alicyclic amines) is 1. The number of aryl methyl sites for hydroxylation is 2. The average Bonchev–Trinajstić information content (AvgIpc) is 3.41. The van der Waals surface area contributed by atoms with Crippen molar-refractivity contribution in [1.82, 2.24) is 14.9 Å². The lowest BCUT2D eigenvalue weighted by Crippen LogP contribution is -2.36. The van der Waals surface area contributed by atoms with Crippen LogP contribution in [0.2, 0.25) is 0 Å². The Hall–Kier alpha value is -3.02. The Morgan fingerprint density at radius 2 is 1.84 bits per heavy atom. The molecule has 2 aromatic carbocycles. The van der Waals surface area contributed by atoms with Crippen LogP contribution < -0.4 is 5.46 Å². The van der Waals surface area contributed by atoms with Crippen LogP contribution in [0.4, 0.5) is 4.79 Å². The zero-order chi connectivity index (χ0) is 22.5. The highest BCUT2D eigenvalue weighted by Crippen LogP contribution is 2.36. The van der Waals surface area contributed by atoms with Crippen LogP contribution in [0.1, 0.15) is 56.6 Å². The first-order valence-corrected chi connectivity index (χ1v) is 11.6. The van der Waals surface area contributed by atoms with E-state index in [-0.39, 0.29) is 12.1 Å². The summed E-state index contributed by atoms with van der Waals surface area (Å²) in [6.07, 6.45) is 5.61. The van der Waals surface area contributed by atoms with Crippen LogP contribution >= 0.6 is 0 Å². The molecule has 32 heavy (non-hydrogen) atoms. The molecule has 0 saturated carbocycles. The van der Waals surface area contributed by atoms with E-state index in [2.05, 4.69) is 54.2 Å². The minimum Gasteiger partial charge on any atom is -0.444 e. The lowest BCUT2D eigenvalue weighted by molar-refractivity contribution is 0.0218. The van der Waals surface area contributed by atoms with Crippen LogP contribution in [0.5, 0.6) is 0 Å². The molecule has 1 fully saturated rings. The molecule has 1 N–H and O–H groups in total. The lowest BCUT2D eigenvalue weighted by Gasteiger charge is -2.27. The minimum atomic E-state index is -0.501. The largest absolute Gasteiger partial charge is 0.444 e. The van der Waals surface area contributed by atoms with Crippen molar-refractivity contribution in [2.24, 2.45) is 0 Å². The molecule has 5 nitrogen and oxygen atoms in total. The van der Waals surface area contributed by atoms with Crippen molar-refractivity contribution in [2.75, 3.05) is 6.54 Å². The number of ether oxygens (including phenoxy) is 1. The summed E-state index contributed by atoms with van der Waals surface area (Å²) < 4.78 is 5.61. The maximum atomic E-state index is 12.7. The van der Waals surface area contributed by atoms with Crippen molar-refractivity contribution >= 4 is 19.4 Å². The van der Waals surface area contributed by atoms with Gasteiger partial charge in [-0.3, -0.25) is 4.90 Å². The second kappa shape index (κ2) is 7.84. The summed E-state index contributed by atoms with van der Waals surface area (Å²) in [4.78, 5) is 22.6. The molecule has 0 unspecified atom stereocenters. The Kier molecular flexibility index (Phi) is 5.11. The molecular weight excluding hydrogens is 397 g/mol. The second-order valence-corrected chi connectivity index (χ2v) is 10.0. The fraction of sp³-hybridized carbons (Fsp3) is 0.385. The molecule has 0 spiro atoms. The molecule has 2 heterocycles. The van der Waals surface area contributed by atoms with E-state index in [1.54, 1.807) is 4.90 Å². The molecule has 6 heteroatoms. The number of fused-ring (bicyclic) bond motifs is 3. The number of hydrogen-bond acceptors (Lipinski definition) is 3. The number of aromatic amines is 1. The number of hydrogen-bond donors (Lipinski definition) is 1. The summed E-state index contributed by atoms with van der Waals surface area (Å²) in [5, 5.41) is 0. The Labute approximate surface area is 190 Å². The van der Waals surface area contributed by atoms with Gasteiger partial charge < -0.3 is 9.72 Å². The van der Waals surface area contributed by atoms with E-state index in [0.717, 1.165) is 42.8 Å². The fourth-order valence-corrected chi connectivity index (χ4v) is 4.94. The first-order chi connectivity index (χ1) is 15.3. The Morgan fingerprint density at radius 1 is 1.12 bits per heavy atom. The number of imidazole rings is 1. The van der Waals surface area contributed by atoms with Gasteiger partial charge in [0.05, 0.1) is 17.9 Å². The van der Waals surface area contributed by atoms with Gasteiger partial charge in [-0.1, -0.05) is 35.8 Å². The fourth-order valence-electron chi connectivity index (χ4n) is 4.94. The van der Waals surface area contributed by atoms with Crippen LogP contribution in [-0.4, -0.2) is 41.0 Å². The van der Waals surface area contributed by atoms with Crippen molar-refractivity contribution in [3.8, 4) is 22.4 Å². The highest BCUT2D eigenvalue weighted by Gasteiger charge is 2.34. The predicted molar refractivity (Wildman–Crippen MR) is 130 cm³/mol. The molecule has 1 aromatic heterocycles. The molecule has 1 aliphatic carbocycles. The van der Waals surface area contributed by atoms with Gasteiger partial charge in [0.1, 0.15) is 19.3 Å². The van der Waals surface area contributed by atoms with Gasteiger partial charge in [-0.25, -0.2) is 9.78 Å². The van der Waals surface area contributed by atoms with Crippen LogP contribution in [-0.2, 0) is 17.6 Å². The standard InChI is InChI=1S/C26H30BN3O2/c1-26(2,3)32-25(31)30-12-4-5-23(30)24-28-15-22(29-24)18-8-10-20-16(13-18)6-7-17-14-19(27)9-11-21(17)20/h8-11,13-15,23H,4-7,12,27H2,1-3H3,(H,28,29)/t23-/m0/s1. The first-order valence-electron chi connectivity index (χ1n) is 11.6. The van der Waals surface area contributed by atoms with Gasteiger partial charge in [0.15, 0.2) is 0 Å². The minimum absolute atomic E-state index is 0.0636. The average molecular weight is 427 g/mol. The Balaban J connectivity index is 1.40. The normalized spacial score (nSPS) is 17.7. The predicted octanol–water partition coefficient (Wildman–Crippen LogP) is 4.17. The van der Waals surface area contributed by atoms with Crippen molar-refractivity contribution in [2.45, 2.75) is 58.1 Å². The first kappa shape index (κ1) is 20.9. The molecule has 2 aliphatic rings. The van der Waals surface area contributed by atoms with Gasteiger partial charge in [-0.05, 0) is 80.3 Å². The molecule has 3 aromatic rings. The third kappa shape index (κ3) is 3.94. The summed E-state index contributed by atoms with van der Waals surface area (Å²) in [6.45, 7) is 6.40. The summed E-state index contributed by atoms with van der Waals surface area (Å²) in [5.74, 6) is 0.835. The molecule has 1 aliphatic heterocycles. The highest BCUT2D eigenvalue weighted by molar-refractivity contribution is 6.32. The van der Waals surface area contributed by atoms with E-state index in [0.29, 0.717) is 6.54 Å². The summed E-state index contributed by atoms with van der Waals surface area (Å²) >= 11 is 0. The van der Waals surface area contributed by atoms with E-state index in [4.69, 9.17) is 4.74 Å². The quantitative estimate of drug-likeness (QED) is 0.625. The van der Waals surface area contributed by atoms with Crippen LogP contribution in [0.25, 0.3) is 22.4 Å². The maximum Gasteiger partial charge on any atom is 0.410 e. The van der Waals surface area contributed by atoms with Crippen LogP contribution in [0.3, 0.4) is 0 Å². The van der Waals surface area contributed by atoms with Gasteiger partial charge in [-0.2, -0.15) is 0 Å². The Bertz CT molecular complexity index is 1180. The molecule has 1 atom stereocenters. The SMILES string of the molecule is Bc1ccc2c(c1)CCc1cc(-c3cnc([C@@H]4CCCN4C(=O)OC(C)(C)C)[nH]3)ccc1-2. The third-order valence-electron chi connectivity index (χ3n) is 6.42. The van der Waals surface area contributed by atoms with Gasteiger partial charge >= 0.3 is 6.09 Å². The van der Waals surface area contributed by atoms with E-state index in [9.17, 15) is 4.79 Å². The van der Waals surface area contributed by atoms with E-state index in [1.807, 2.05) is 27.0 Å². The number of carbonyl (C=O) groups excluding carboxylic acids is 1. The maximum absolute atomic E-state index is 12.7. The number of nitrogens with one attached hydrogen (secondary N) is 1. The van der Waals surface area contributed by atoms with Crippen molar-refractivity contribution in [3.63, 3.8) is 0 Å². The lowest BCUT2D eigenvalue weighted by atomic mass is 9.81. The number of amides is 1. The molecule has 0 radical (unpaired) electrons. The van der Waals surface area contributed by atoms with Gasteiger partial charge in [0.25, 0.3) is 0 Å². The monoisotopic (exact) mass is 427 g/mol. The van der Waals surface area contributed by atoms with E-state index in [1.165, 1.54) is 27.7 Å². The number of aromatic nitrogens is 2. The Morgan fingerprint density at radius 3 is 2.59 bits per heavy atom. The molecule has 1 amide bonds. The molecular formula is C26H30BN3O2. The number of rotatable bonds is 2. The van der Waals surface area contributed by atoms with Crippen molar-refractivity contribution in [3.05, 3.63) is 59.5 Å². The second-order valence-electron chi connectivity index (χ2n) is 10.0. The van der Waals surface area contributed by atoms with Crippen LogP contribution in [0, 0.1) is 0 Å². The van der Waals surface area contributed by atoms with Crippen LogP contribution in [0.15, 0.2) is 42.6 Å². The third-order valence-corrected chi connectivity index (χ3v) is 6.42. The van der Waals surface area contributed by atoms with Gasteiger partial charge in [0, 0.05) is 6.54 Å². The summed E-state index contributed by atoms with van der Waals surface area (Å²) in [7, 11) is 2.16.